The van der Waals surface area contributed by atoms with Crippen molar-refractivity contribution >= 4 is 0 Å². The highest BCUT2D eigenvalue weighted by atomic mass is 16.3. The molecule has 0 saturated heterocycles. The van der Waals surface area contributed by atoms with Crippen LogP contribution in [-0.4, -0.2) is 23.8 Å². The van der Waals surface area contributed by atoms with Crippen molar-refractivity contribution < 1.29 is 5.11 Å². The Bertz CT molecular complexity index is 472. The fourth-order valence-electron chi connectivity index (χ4n) is 2.91. The number of rotatable bonds is 7. The van der Waals surface area contributed by atoms with Gasteiger partial charge in [-0.3, -0.25) is 0 Å². The van der Waals surface area contributed by atoms with Crippen LogP contribution < -0.4 is 5.32 Å². The summed E-state index contributed by atoms with van der Waals surface area (Å²) >= 11 is 0. The van der Waals surface area contributed by atoms with Crippen molar-refractivity contribution in [2.45, 2.75) is 38.3 Å². The predicted octanol–water partition coefficient (Wildman–Crippen LogP) is 3.57. The second kappa shape index (κ2) is 7.96. The predicted molar refractivity (Wildman–Crippen MR) is 88.5 cm³/mol. The van der Waals surface area contributed by atoms with Crippen molar-refractivity contribution in [3.8, 4) is 0 Å². The Morgan fingerprint density at radius 1 is 0.857 bits per heavy atom. The molecule has 0 amide bonds. The van der Waals surface area contributed by atoms with Crippen LogP contribution in [0.4, 0.5) is 0 Å². The van der Waals surface area contributed by atoms with Gasteiger partial charge < -0.3 is 10.4 Å². The van der Waals surface area contributed by atoms with Crippen molar-refractivity contribution in [1.82, 2.24) is 5.32 Å². The van der Waals surface area contributed by atoms with Crippen molar-refractivity contribution in [2.75, 3.05) is 6.61 Å². The molecule has 0 aliphatic carbocycles. The smallest absolute Gasteiger partial charge is 0.0445 e. The molecule has 2 N–H and O–H groups in total. The van der Waals surface area contributed by atoms with Gasteiger partial charge in [-0.25, -0.2) is 0 Å². The van der Waals surface area contributed by atoms with Crippen LogP contribution in [0.15, 0.2) is 60.7 Å². The number of benzene rings is 2. The Balaban J connectivity index is 2.24. The molecule has 0 aliphatic rings. The molecule has 0 aromatic heterocycles. The monoisotopic (exact) mass is 283 g/mol. The van der Waals surface area contributed by atoms with Gasteiger partial charge in [-0.1, -0.05) is 60.7 Å². The number of aliphatic hydroxyl groups excluding tert-OH is 1. The molecule has 2 heteroatoms. The summed E-state index contributed by atoms with van der Waals surface area (Å²) in [5, 5.41) is 12.7. The summed E-state index contributed by atoms with van der Waals surface area (Å²) in [6.45, 7) is 4.57. The summed E-state index contributed by atoms with van der Waals surface area (Å²) < 4.78 is 0. The van der Waals surface area contributed by atoms with E-state index in [0.717, 1.165) is 6.42 Å². The van der Waals surface area contributed by atoms with Crippen LogP contribution in [0.25, 0.3) is 0 Å². The van der Waals surface area contributed by atoms with Gasteiger partial charge in [0.15, 0.2) is 0 Å². The standard InChI is InChI=1S/C19H25NO/c1-15(13-14-21)20-16(2)19(17-9-5-3-6-10-17)18-11-7-4-8-12-18/h3-12,15-16,19-21H,13-14H2,1-2H3. The summed E-state index contributed by atoms with van der Waals surface area (Å²) in [7, 11) is 0. The zero-order valence-electron chi connectivity index (χ0n) is 12.9. The molecule has 0 saturated carbocycles. The first-order valence-electron chi connectivity index (χ1n) is 7.69. The molecule has 21 heavy (non-hydrogen) atoms. The topological polar surface area (TPSA) is 32.3 Å². The van der Waals surface area contributed by atoms with Crippen LogP contribution in [-0.2, 0) is 0 Å². The third kappa shape index (κ3) is 4.42. The average molecular weight is 283 g/mol. The lowest BCUT2D eigenvalue weighted by Crippen LogP contribution is -2.39. The lowest BCUT2D eigenvalue weighted by Gasteiger charge is -2.29. The molecular weight excluding hydrogens is 258 g/mol. The van der Waals surface area contributed by atoms with E-state index in [-0.39, 0.29) is 6.61 Å². The summed E-state index contributed by atoms with van der Waals surface area (Å²) in [5.74, 6) is 0.313. The maximum absolute atomic E-state index is 9.08. The van der Waals surface area contributed by atoms with Gasteiger partial charge >= 0.3 is 0 Å². The number of aliphatic hydroxyl groups is 1. The molecule has 2 aromatic rings. The highest BCUT2D eigenvalue weighted by Crippen LogP contribution is 2.28. The Kier molecular flexibility index (Phi) is 5.97. The van der Waals surface area contributed by atoms with E-state index in [1.165, 1.54) is 11.1 Å². The first kappa shape index (κ1) is 15.7. The van der Waals surface area contributed by atoms with E-state index >= 15 is 0 Å². The highest BCUT2D eigenvalue weighted by Gasteiger charge is 2.22. The van der Waals surface area contributed by atoms with E-state index in [1.807, 2.05) is 0 Å². The Hall–Kier alpha value is -1.64. The van der Waals surface area contributed by atoms with E-state index in [2.05, 4.69) is 79.8 Å². The fourth-order valence-corrected chi connectivity index (χ4v) is 2.91. The van der Waals surface area contributed by atoms with Crippen molar-refractivity contribution in [3.63, 3.8) is 0 Å². The van der Waals surface area contributed by atoms with Crippen molar-refractivity contribution in [3.05, 3.63) is 71.8 Å². The molecule has 0 fully saturated rings. The molecule has 0 spiro atoms. The zero-order chi connectivity index (χ0) is 15.1. The van der Waals surface area contributed by atoms with E-state index in [1.54, 1.807) is 0 Å². The number of hydrogen-bond donors (Lipinski definition) is 2. The van der Waals surface area contributed by atoms with Gasteiger partial charge in [-0.2, -0.15) is 0 Å². The van der Waals surface area contributed by atoms with Gasteiger partial charge in [0.1, 0.15) is 0 Å². The molecule has 2 rings (SSSR count). The molecule has 2 nitrogen and oxygen atoms in total. The van der Waals surface area contributed by atoms with E-state index in [9.17, 15) is 0 Å². The minimum atomic E-state index is 0.224. The average Bonchev–Trinajstić information content (AvgIpc) is 2.50. The van der Waals surface area contributed by atoms with Crippen LogP contribution in [0.1, 0.15) is 37.3 Å². The minimum Gasteiger partial charge on any atom is -0.396 e. The van der Waals surface area contributed by atoms with Crippen LogP contribution >= 0.6 is 0 Å². The summed E-state index contributed by atoms with van der Waals surface area (Å²) in [6, 6.07) is 21.8. The van der Waals surface area contributed by atoms with Gasteiger partial charge in [0.25, 0.3) is 0 Å². The number of hydrogen-bond acceptors (Lipinski definition) is 2. The van der Waals surface area contributed by atoms with E-state index in [0.29, 0.717) is 18.0 Å². The van der Waals surface area contributed by atoms with Gasteiger partial charge in [0, 0.05) is 24.6 Å². The van der Waals surface area contributed by atoms with E-state index < -0.39 is 0 Å². The van der Waals surface area contributed by atoms with Crippen LogP contribution in [0.2, 0.25) is 0 Å². The first-order chi connectivity index (χ1) is 10.2. The van der Waals surface area contributed by atoms with Gasteiger partial charge in [0.2, 0.25) is 0 Å². The van der Waals surface area contributed by atoms with Crippen LogP contribution in [0, 0.1) is 0 Å². The quantitative estimate of drug-likeness (QED) is 0.814. The van der Waals surface area contributed by atoms with E-state index in [4.69, 9.17) is 5.11 Å². The normalized spacial score (nSPS) is 14.1. The van der Waals surface area contributed by atoms with Gasteiger partial charge in [-0.15, -0.1) is 0 Å². The summed E-state index contributed by atoms with van der Waals surface area (Å²) in [6.07, 6.45) is 0.778. The Morgan fingerprint density at radius 2 is 1.33 bits per heavy atom. The molecule has 0 aliphatic heterocycles. The lowest BCUT2D eigenvalue weighted by atomic mass is 9.85. The first-order valence-corrected chi connectivity index (χ1v) is 7.69. The van der Waals surface area contributed by atoms with Crippen LogP contribution in [0.3, 0.4) is 0 Å². The SMILES string of the molecule is CC(CCO)NC(C)C(c1ccccc1)c1ccccc1. The minimum absolute atomic E-state index is 0.224. The zero-order valence-corrected chi connectivity index (χ0v) is 12.9. The Morgan fingerprint density at radius 3 is 1.76 bits per heavy atom. The third-order valence-corrected chi connectivity index (χ3v) is 3.93. The maximum Gasteiger partial charge on any atom is 0.0445 e. The molecule has 2 aromatic carbocycles. The highest BCUT2D eigenvalue weighted by molar-refractivity contribution is 5.34. The molecule has 112 valence electrons. The maximum atomic E-state index is 9.08. The van der Waals surface area contributed by atoms with Crippen molar-refractivity contribution in [1.29, 1.82) is 0 Å². The van der Waals surface area contributed by atoms with Gasteiger partial charge in [0.05, 0.1) is 0 Å². The fraction of sp³-hybridized carbons (Fsp3) is 0.368. The van der Waals surface area contributed by atoms with Crippen molar-refractivity contribution in [2.24, 2.45) is 0 Å². The lowest BCUT2D eigenvalue weighted by molar-refractivity contribution is 0.262. The number of nitrogens with one attached hydrogen (secondary N) is 1. The Labute approximate surface area is 127 Å². The molecular formula is C19H25NO. The van der Waals surface area contributed by atoms with Gasteiger partial charge in [-0.05, 0) is 31.4 Å². The summed E-state index contributed by atoms with van der Waals surface area (Å²) in [5.41, 5.74) is 2.64. The molecule has 2 atom stereocenters. The molecule has 0 heterocycles. The van der Waals surface area contributed by atoms with Crippen LogP contribution in [0.5, 0.6) is 0 Å². The molecule has 2 unspecified atom stereocenters. The second-order valence-electron chi connectivity index (χ2n) is 5.67. The third-order valence-electron chi connectivity index (χ3n) is 3.93. The summed E-state index contributed by atoms with van der Waals surface area (Å²) in [4.78, 5) is 0. The largest absolute Gasteiger partial charge is 0.396 e. The molecule has 0 bridgehead atoms. The molecule has 0 radical (unpaired) electrons. The second-order valence-corrected chi connectivity index (χ2v) is 5.67.